The molecular formula is C12H18O5. The van der Waals surface area contributed by atoms with Crippen molar-refractivity contribution in [3.05, 3.63) is 30.3 Å². The van der Waals surface area contributed by atoms with E-state index in [1.807, 2.05) is 30.3 Å². The van der Waals surface area contributed by atoms with Crippen LogP contribution < -0.4 is 4.74 Å². The van der Waals surface area contributed by atoms with E-state index in [9.17, 15) is 0 Å². The normalized spacial score (nSPS) is 10.8. The van der Waals surface area contributed by atoms with Crippen molar-refractivity contribution in [1.29, 1.82) is 0 Å². The molecular weight excluding hydrogens is 224 g/mol. The molecule has 0 bridgehead atoms. The molecule has 0 aliphatic carbocycles. The summed E-state index contributed by atoms with van der Waals surface area (Å²) in [5.74, 6) is 0.720. The molecule has 0 saturated carbocycles. The fourth-order valence-corrected chi connectivity index (χ4v) is 1.19. The maximum absolute atomic E-state index is 8.66. The molecule has 0 aromatic heterocycles. The Morgan fingerprint density at radius 2 is 1.53 bits per heavy atom. The fourth-order valence-electron chi connectivity index (χ4n) is 1.19. The van der Waals surface area contributed by atoms with Crippen LogP contribution in [0.1, 0.15) is 0 Å². The lowest BCUT2D eigenvalue weighted by Gasteiger charge is -2.18. The molecule has 5 nitrogen and oxygen atoms in total. The fraction of sp³-hybridized carbons (Fsp3) is 0.500. The number of ether oxygens (including phenoxy) is 3. The Kier molecular flexibility index (Phi) is 7.33. The van der Waals surface area contributed by atoms with Gasteiger partial charge in [0, 0.05) is 0 Å². The molecule has 5 heteroatoms. The molecule has 0 radical (unpaired) electrons. The van der Waals surface area contributed by atoms with Crippen molar-refractivity contribution in [3.8, 4) is 5.75 Å². The van der Waals surface area contributed by atoms with E-state index in [0.29, 0.717) is 0 Å². The van der Waals surface area contributed by atoms with Crippen LogP contribution in [0.15, 0.2) is 30.3 Å². The van der Waals surface area contributed by atoms with Crippen LogP contribution in [0.2, 0.25) is 0 Å². The van der Waals surface area contributed by atoms with Crippen molar-refractivity contribution in [2.45, 2.75) is 6.29 Å². The van der Waals surface area contributed by atoms with Gasteiger partial charge in [0.05, 0.1) is 26.4 Å². The molecule has 1 rings (SSSR count). The predicted octanol–water partition coefficient (Wildman–Crippen LogP) is 0.409. The maximum atomic E-state index is 8.66. The number of para-hydroxylation sites is 1. The SMILES string of the molecule is OCCOC(COc1ccccc1)OCCO. The molecule has 0 amide bonds. The predicted molar refractivity (Wildman–Crippen MR) is 61.8 cm³/mol. The number of rotatable bonds is 9. The van der Waals surface area contributed by atoms with E-state index >= 15 is 0 Å². The lowest BCUT2D eigenvalue weighted by molar-refractivity contribution is -0.166. The zero-order chi connectivity index (χ0) is 12.3. The van der Waals surface area contributed by atoms with E-state index in [1.54, 1.807) is 0 Å². The van der Waals surface area contributed by atoms with Gasteiger partial charge in [0.25, 0.3) is 0 Å². The van der Waals surface area contributed by atoms with E-state index in [4.69, 9.17) is 24.4 Å². The van der Waals surface area contributed by atoms with Gasteiger partial charge in [-0.3, -0.25) is 0 Å². The Hall–Kier alpha value is -1.14. The van der Waals surface area contributed by atoms with Crippen molar-refractivity contribution >= 4 is 0 Å². The number of benzene rings is 1. The van der Waals surface area contributed by atoms with E-state index in [-0.39, 0.29) is 33.0 Å². The minimum absolute atomic E-state index is 0.0790. The summed E-state index contributed by atoms with van der Waals surface area (Å²) in [6.45, 7) is 0.404. The van der Waals surface area contributed by atoms with Crippen LogP contribution in [0.3, 0.4) is 0 Å². The first-order valence-corrected chi connectivity index (χ1v) is 5.49. The Morgan fingerprint density at radius 1 is 0.941 bits per heavy atom. The summed E-state index contributed by atoms with van der Waals surface area (Å²) in [7, 11) is 0. The summed E-state index contributed by atoms with van der Waals surface area (Å²) in [6.07, 6.45) is -0.588. The molecule has 0 atom stereocenters. The Labute approximate surface area is 101 Å². The Morgan fingerprint density at radius 3 is 2.06 bits per heavy atom. The minimum Gasteiger partial charge on any atom is -0.488 e. The monoisotopic (exact) mass is 242 g/mol. The lowest BCUT2D eigenvalue weighted by atomic mass is 10.3. The van der Waals surface area contributed by atoms with Gasteiger partial charge in [-0.25, -0.2) is 0 Å². The van der Waals surface area contributed by atoms with Gasteiger partial charge in [0.2, 0.25) is 0 Å². The van der Waals surface area contributed by atoms with Gasteiger partial charge in [-0.1, -0.05) is 18.2 Å². The molecule has 0 aliphatic rings. The van der Waals surface area contributed by atoms with Gasteiger partial charge >= 0.3 is 0 Å². The number of aliphatic hydroxyl groups is 2. The third-order valence-electron chi connectivity index (χ3n) is 1.92. The third-order valence-corrected chi connectivity index (χ3v) is 1.92. The molecule has 0 aliphatic heterocycles. The second-order valence-electron chi connectivity index (χ2n) is 3.24. The zero-order valence-electron chi connectivity index (χ0n) is 9.62. The molecule has 0 unspecified atom stereocenters. The van der Waals surface area contributed by atoms with E-state index < -0.39 is 6.29 Å². The van der Waals surface area contributed by atoms with Gasteiger partial charge in [0.15, 0.2) is 6.29 Å². The molecule has 96 valence electrons. The highest BCUT2D eigenvalue weighted by molar-refractivity contribution is 5.20. The average molecular weight is 242 g/mol. The van der Waals surface area contributed by atoms with Crippen LogP contribution in [-0.2, 0) is 9.47 Å². The summed E-state index contributed by atoms with van der Waals surface area (Å²) in [5.41, 5.74) is 0. The number of aliphatic hydroxyl groups excluding tert-OH is 2. The van der Waals surface area contributed by atoms with Gasteiger partial charge in [-0.05, 0) is 12.1 Å². The largest absolute Gasteiger partial charge is 0.488 e. The van der Waals surface area contributed by atoms with Gasteiger partial charge < -0.3 is 24.4 Å². The second-order valence-corrected chi connectivity index (χ2v) is 3.24. The molecule has 1 aromatic carbocycles. The van der Waals surface area contributed by atoms with Crippen LogP contribution in [0.25, 0.3) is 0 Å². The topological polar surface area (TPSA) is 68.2 Å². The lowest BCUT2D eigenvalue weighted by Crippen LogP contribution is -2.27. The summed E-state index contributed by atoms with van der Waals surface area (Å²) < 4.78 is 15.9. The van der Waals surface area contributed by atoms with Crippen LogP contribution in [-0.4, -0.2) is 49.5 Å². The van der Waals surface area contributed by atoms with E-state index in [2.05, 4.69) is 0 Å². The highest BCUT2D eigenvalue weighted by atomic mass is 16.7. The summed E-state index contributed by atoms with van der Waals surface area (Å²) in [4.78, 5) is 0. The summed E-state index contributed by atoms with van der Waals surface area (Å²) >= 11 is 0. The van der Waals surface area contributed by atoms with Crippen molar-refractivity contribution in [2.75, 3.05) is 33.0 Å². The van der Waals surface area contributed by atoms with Gasteiger partial charge in [-0.2, -0.15) is 0 Å². The van der Waals surface area contributed by atoms with Crippen LogP contribution in [0.5, 0.6) is 5.75 Å². The zero-order valence-corrected chi connectivity index (χ0v) is 9.62. The number of hydrogen-bond donors (Lipinski definition) is 2. The molecule has 0 fully saturated rings. The maximum Gasteiger partial charge on any atom is 0.191 e. The Bertz CT molecular complexity index is 269. The van der Waals surface area contributed by atoms with Gasteiger partial charge in [0.1, 0.15) is 12.4 Å². The minimum atomic E-state index is -0.588. The first-order chi connectivity index (χ1) is 8.36. The first-order valence-electron chi connectivity index (χ1n) is 5.49. The van der Waals surface area contributed by atoms with Crippen LogP contribution in [0, 0.1) is 0 Å². The van der Waals surface area contributed by atoms with Crippen molar-refractivity contribution in [3.63, 3.8) is 0 Å². The van der Waals surface area contributed by atoms with E-state index in [0.717, 1.165) is 5.75 Å². The molecule has 0 saturated heterocycles. The second kappa shape index (κ2) is 8.95. The van der Waals surface area contributed by atoms with E-state index in [1.165, 1.54) is 0 Å². The molecule has 17 heavy (non-hydrogen) atoms. The highest BCUT2D eigenvalue weighted by Gasteiger charge is 2.10. The quantitative estimate of drug-likeness (QED) is 0.614. The molecule has 0 heterocycles. The Balaban J connectivity index is 2.31. The van der Waals surface area contributed by atoms with Crippen molar-refractivity contribution < 1.29 is 24.4 Å². The molecule has 2 N–H and O–H groups in total. The highest BCUT2D eigenvalue weighted by Crippen LogP contribution is 2.09. The molecule has 1 aromatic rings. The molecule has 0 spiro atoms. The van der Waals surface area contributed by atoms with Gasteiger partial charge in [-0.15, -0.1) is 0 Å². The number of hydrogen-bond acceptors (Lipinski definition) is 5. The van der Waals surface area contributed by atoms with Crippen molar-refractivity contribution in [2.24, 2.45) is 0 Å². The van der Waals surface area contributed by atoms with Crippen LogP contribution >= 0.6 is 0 Å². The standard InChI is InChI=1S/C12H18O5/c13-6-8-15-12(16-9-7-14)10-17-11-4-2-1-3-5-11/h1-5,12-14H,6-10H2. The van der Waals surface area contributed by atoms with Crippen LogP contribution in [0.4, 0.5) is 0 Å². The smallest absolute Gasteiger partial charge is 0.191 e. The van der Waals surface area contributed by atoms with Crippen molar-refractivity contribution in [1.82, 2.24) is 0 Å². The average Bonchev–Trinajstić information content (AvgIpc) is 2.39. The summed E-state index contributed by atoms with van der Waals surface area (Å²) in [5, 5.41) is 17.3. The third kappa shape index (κ3) is 6.23. The first kappa shape index (κ1) is 13.9. The summed E-state index contributed by atoms with van der Waals surface area (Å²) in [6, 6.07) is 9.29.